The molecule has 2 atom stereocenters. The minimum absolute atomic E-state index is 0.161. The molecular weight excluding hydrogens is 376 g/mol. The van der Waals surface area contributed by atoms with Crippen molar-refractivity contribution in [1.29, 1.82) is 0 Å². The van der Waals surface area contributed by atoms with E-state index in [9.17, 15) is 14.4 Å². The fraction of sp³-hybridized carbons (Fsp3) is 0.227. The molecule has 2 unspecified atom stereocenters. The topological polar surface area (TPSA) is 66.5 Å². The van der Waals surface area contributed by atoms with Gasteiger partial charge in [0.2, 0.25) is 11.8 Å². The van der Waals surface area contributed by atoms with E-state index in [1.807, 2.05) is 19.1 Å². The van der Waals surface area contributed by atoms with Gasteiger partial charge in [0.25, 0.3) is 5.91 Å². The van der Waals surface area contributed by atoms with Crippen molar-refractivity contribution in [3.63, 3.8) is 0 Å². The second-order valence-electron chi connectivity index (χ2n) is 7.08. The number of carbonyl (C=O) groups is 3. The zero-order valence-corrected chi connectivity index (χ0v) is 16.1. The zero-order valence-electron chi connectivity index (χ0n) is 15.3. The van der Waals surface area contributed by atoms with Crippen molar-refractivity contribution in [2.24, 2.45) is 11.8 Å². The highest BCUT2D eigenvalue weighted by Gasteiger charge is 2.47. The van der Waals surface area contributed by atoms with Crippen LogP contribution >= 0.6 is 11.6 Å². The summed E-state index contributed by atoms with van der Waals surface area (Å²) < 4.78 is 0. The molecule has 1 saturated heterocycles. The quantitative estimate of drug-likeness (QED) is 0.621. The summed E-state index contributed by atoms with van der Waals surface area (Å²) in [4.78, 5) is 39.1. The van der Waals surface area contributed by atoms with Crippen LogP contribution in [0.25, 0.3) is 0 Å². The number of hydrogen-bond acceptors (Lipinski definition) is 3. The van der Waals surface area contributed by atoms with Crippen LogP contribution in [-0.2, 0) is 9.59 Å². The van der Waals surface area contributed by atoms with E-state index in [4.69, 9.17) is 11.6 Å². The molecule has 6 heteroatoms. The smallest absolute Gasteiger partial charge is 0.255 e. The molecule has 0 saturated carbocycles. The van der Waals surface area contributed by atoms with Gasteiger partial charge < -0.3 is 5.32 Å². The molecular formula is C22H19ClN2O3. The summed E-state index contributed by atoms with van der Waals surface area (Å²) in [5.74, 6) is -1.15. The first-order valence-electron chi connectivity index (χ1n) is 9.16. The first-order valence-corrected chi connectivity index (χ1v) is 9.54. The number of carbonyl (C=O) groups excluding carboxylic acids is 3. The highest BCUT2D eigenvalue weighted by atomic mass is 35.5. The van der Waals surface area contributed by atoms with Crippen LogP contribution in [-0.4, -0.2) is 17.7 Å². The molecule has 0 radical (unpaired) electrons. The summed E-state index contributed by atoms with van der Waals surface area (Å²) in [5, 5.41) is 3.41. The van der Waals surface area contributed by atoms with Crippen LogP contribution in [0.2, 0.25) is 5.02 Å². The third kappa shape index (κ3) is 3.12. The van der Waals surface area contributed by atoms with Gasteiger partial charge in [-0.2, -0.15) is 0 Å². The van der Waals surface area contributed by atoms with Crippen LogP contribution in [0.5, 0.6) is 0 Å². The number of allylic oxidation sites excluding steroid dienone is 2. The average Bonchev–Trinajstić information content (AvgIpc) is 2.96. The van der Waals surface area contributed by atoms with Crippen molar-refractivity contribution in [2.45, 2.75) is 19.8 Å². The normalized spacial score (nSPS) is 21.0. The molecule has 0 aromatic heterocycles. The first-order chi connectivity index (χ1) is 13.5. The van der Waals surface area contributed by atoms with Gasteiger partial charge in [-0.05, 0) is 61.7 Å². The van der Waals surface area contributed by atoms with E-state index < -0.39 is 0 Å². The Bertz CT molecular complexity index is 971. The number of imide groups is 1. The molecule has 2 aliphatic rings. The maximum Gasteiger partial charge on any atom is 0.255 e. The Morgan fingerprint density at radius 3 is 2.21 bits per heavy atom. The number of fused-ring (bicyclic) bond motifs is 1. The monoisotopic (exact) mass is 394 g/mol. The first kappa shape index (κ1) is 18.4. The summed E-state index contributed by atoms with van der Waals surface area (Å²) in [7, 11) is 0. The van der Waals surface area contributed by atoms with Crippen LogP contribution in [0, 0.1) is 18.8 Å². The number of benzene rings is 2. The lowest BCUT2D eigenvalue weighted by molar-refractivity contribution is -0.122. The third-order valence-electron chi connectivity index (χ3n) is 5.41. The molecule has 1 aliphatic heterocycles. The van der Waals surface area contributed by atoms with Gasteiger partial charge in [-0.25, -0.2) is 0 Å². The Morgan fingerprint density at radius 1 is 1.00 bits per heavy atom. The summed E-state index contributed by atoms with van der Waals surface area (Å²) in [6, 6.07) is 11.8. The number of anilines is 2. The predicted molar refractivity (Wildman–Crippen MR) is 108 cm³/mol. The standard InChI is InChI=1S/C22H19ClN2O3/c1-13-18(23)7-4-8-19(13)24-20(26)14-9-11-15(12-10-14)25-21(27)16-5-2-3-6-17(16)22(25)28/h2-4,7-12,16-17H,5-6H2,1H3,(H,24,26). The summed E-state index contributed by atoms with van der Waals surface area (Å²) in [5.41, 5.74) is 2.36. The van der Waals surface area contributed by atoms with Crippen LogP contribution in [0.15, 0.2) is 54.6 Å². The molecule has 1 aliphatic carbocycles. The Kier molecular flexibility index (Phi) is 4.77. The second kappa shape index (κ2) is 7.24. The summed E-state index contributed by atoms with van der Waals surface area (Å²) in [6.07, 6.45) is 5.12. The summed E-state index contributed by atoms with van der Waals surface area (Å²) >= 11 is 6.09. The van der Waals surface area contributed by atoms with Crippen LogP contribution in [0.1, 0.15) is 28.8 Å². The maximum absolute atomic E-state index is 12.7. The number of halogens is 1. The van der Waals surface area contributed by atoms with Gasteiger partial charge in [-0.1, -0.05) is 29.8 Å². The van der Waals surface area contributed by atoms with Crippen molar-refractivity contribution < 1.29 is 14.4 Å². The van der Waals surface area contributed by atoms with E-state index >= 15 is 0 Å². The van der Waals surface area contributed by atoms with Crippen LogP contribution < -0.4 is 10.2 Å². The Morgan fingerprint density at radius 2 is 1.61 bits per heavy atom. The molecule has 3 amide bonds. The zero-order chi connectivity index (χ0) is 19.8. The van der Waals surface area contributed by atoms with Gasteiger partial charge in [-0.3, -0.25) is 19.3 Å². The molecule has 2 aromatic carbocycles. The SMILES string of the molecule is Cc1c(Cl)cccc1NC(=O)c1ccc(N2C(=O)C3CC=CCC3C2=O)cc1. The van der Waals surface area contributed by atoms with E-state index in [0.29, 0.717) is 34.8 Å². The number of nitrogens with one attached hydrogen (secondary N) is 1. The highest BCUT2D eigenvalue weighted by molar-refractivity contribution is 6.31. The van der Waals surface area contributed by atoms with E-state index in [0.717, 1.165) is 5.56 Å². The van der Waals surface area contributed by atoms with Crippen LogP contribution in [0.3, 0.4) is 0 Å². The largest absolute Gasteiger partial charge is 0.322 e. The van der Waals surface area contributed by atoms with Crippen molar-refractivity contribution in [3.8, 4) is 0 Å². The molecule has 0 spiro atoms. The fourth-order valence-corrected chi connectivity index (χ4v) is 3.93. The van der Waals surface area contributed by atoms with Gasteiger partial charge in [0, 0.05) is 16.3 Å². The average molecular weight is 395 g/mol. The van der Waals surface area contributed by atoms with E-state index in [-0.39, 0.29) is 29.6 Å². The van der Waals surface area contributed by atoms with E-state index in [1.165, 1.54) is 4.90 Å². The van der Waals surface area contributed by atoms with Crippen molar-refractivity contribution in [1.82, 2.24) is 0 Å². The Labute approximate surface area is 168 Å². The lowest BCUT2D eigenvalue weighted by Crippen LogP contribution is -2.30. The molecule has 28 heavy (non-hydrogen) atoms. The minimum atomic E-state index is -0.283. The molecule has 5 nitrogen and oxygen atoms in total. The predicted octanol–water partition coefficient (Wildman–Crippen LogP) is 4.36. The van der Waals surface area contributed by atoms with Gasteiger partial charge in [0.1, 0.15) is 0 Å². The Balaban J connectivity index is 1.53. The third-order valence-corrected chi connectivity index (χ3v) is 5.82. The lowest BCUT2D eigenvalue weighted by Gasteiger charge is -2.15. The van der Waals surface area contributed by atoms with Crippen LogP contribution in [0.4, 0.5) is 11.4 Å². The molecule has 2 aromatic rings. The molecule has 142 valence electrons. The second-order valence-corrected chi connectivity index (χ2v) is 7.49. The van der Waals surface area contributed by atoms with Gasteiger partial charge in [-0.15, -0.1) is 0 Å². The highest BCUT2D eigenvalue weighted by Crippen LogP contribution is 2.37. The number of amides is 3. The van der Waals surface area contributed by atoms with Gasteiger partial charge >= 0.3 is 0 Å². The van der Waals surface area contributed by atoms with E-state index in [2.05, 4.69) is 5.32 Å². The number of hydrogen-bond donors (Lipinski definition) is 1. The maximum atomic E-state index is 12.7. The number of rotatable bonds is 3. The molecule has 4 rings (SSSR count). The van der Waals surface area contributed by atoms with Gasteiger partial charge in [0.15, 0.2) is 0 Å². The van der Waals surface area contributed by atoms with E-state index in [1.54, 1.807) is 42.5 Å². The van der Waals surface area contributed by atoms with Crippen molar-refractivity contribution >= 4 is 40.7 Å². The van der Waals surface area contributed by atoms with Gasteiger partial charge in [0.05, 0.1) is 17.5 Å². The van der Waals surface area contributed by atoms with Crippen molar-refractivity contribution in [2.75, 3.05) is 10.2 Å². The minimum Gasteiger partial charge on any atom is -0.322 e. The Hall–Kier alpha value is -2.92. The van der Waals surface area contributed by atoms with Crippen molar-refractivity contribution in [3.05, 3.63) is 70.8 Å². The molecule has 1 N–H and O–H groups in total. The molecule has 1 heterocycles. The summed E-state index contributed by atoms with van der Waals surface area (Å²) in [6.45, 7) is 1.83. The lowest BCUT2D eigenvalue weighted by atomic mass is 9.85. The number of nitrogens with zero attached hydrogens (tertiary/aromatic N) is 1. The molecule has 0 bridgehead atoms. The molecule has 1 fully saturated rings. The fourth-order valence-electron chi connectivity index (χ4n) is 3.75.